The molecule has 296 valence electrons. The first kappa shape index (κ1) is 29.2. The Kier molecular flexibility index (Phi) is 7.18. The number of imidazole rings is 1. The Morgan fingerprint density at radius 3 is 1.98 bits per heavy atom. The van der Waals surface area contributed by atoms with E-state index in [0.717, 1.165) is 72.1 Å². The molecule has 62 heavy (non-hydrogen) atoms. The van der Waals surface area contributed by atoms with E-state index in [0.29, 0.717) is 17.0 Å². The fourth-order valence-electron chi connectivity index (χ4n) is 8.78. The van der Waals surface area contributed by atoms with Crippen molar-refractivity contribution in [3.63, 3.8) is 0 Å². The fourth-order valence-corrected chi connectivity index (χ4v) is 8.78. The summed E-state index contributed by atoms with van der Waals surface area (Å²) in [7, 11) is 0. The monoisotopic (exact) mass is 806 g/mol. The predicted octanol–water partition coefficient (Wildman–Crippen LogP) is 13.9. The number of ether oxygens (including phenoxy) is 1. The minimum Gasteiger partial charge on any atom is -0.458 e. The molecule has 0 atom stereocenters. The average Bonchev–Trinajstić information content (AvgIpc) is 3.91. The van der Waals surface area contributed by atoms with Crippen LogP contribution in [0.2, 0.25) is 0 Å². The van der Waals surface area contributed by atoms with E-state index in [-0.39, 0.29) is 22.5 Å². The molecular weight excluding hydrogens is 757 g/mol. The lowest BCUT2D eigenvalue weighted by Crippen LogP contribution is -2.32. The van der Waals surface area contributed by atoms with Crippen molar-refractivity contribution >= 4 is 32.8 Å². The smallest absolute Gasteiger partial charge is 0.269 e. The predicted molar refractivity (Wildman–Crippen MR) is 253 cm³/mol. The van der Waals surface area contributed by atoms with E-state index < -0.39 is 37.1 Å². The Morgan fingerprint density at radius 2 is 1.24 bits per heavy atom. The van der Waals surface area contributed by atoms with E-state index in [1.807, 2.05) is 95.6 Å². The maximum Gasteiger partial charge on any atom is 0.269 e. The quantitative estimate of drug-likeness (QED) is 0.113. The Morgan fingerprint density at radius 1 is 0.581 bits per heavy atom. The zero-order valence-electron chi connectivity index (χ0n) is 41.9. The van der Waals surface area contributed by atoms with Crippen molar-refractivity contribution in [3.8, 4) is 62.1 Å². The Bertz CT molecular complexity index is 3790. The molecule has 5 nitrogen and oxygen atoms in total. The van der Waals surface area contributed by atoms with Crippen LogP contribution in [0.1, 0.15) is 27.7 Å². The van der Waals surface area contributed by atoms with E-state index in [1.54, 1.807) is 0 Å². The molecule has 0 aliphatic heterocycles. The van der Waals surface area contributed by atoms with Gasteiger partial charge in [-0.3, -0.25) is 13.7 Å². The average molecular weight is 807 g/mol. The summed E-state index contributed by atoms with van der Waals surface area (Å²) < 4.78 is 80.3. The van der Waals surface area contributed by atoms with Crippen LogP contribution in [-0.4, -0.2) is 14.1 Å². The van der Waals surface area contributed by atoms with Crippen LogP contribution in [0.4, 0.5) is 0 Å². The summed E-state index contributed by atoms with van der Waals surface area (Å²) in [5.41, 5.74) is 11.5. The second-order valence-electron chi connectivity index (χ2n) is 15.3. The van der Waals surface area contributed by atoms with Gasteiger partial charge in [-0.05, 0) is 108 Å². The number of benzene rings is 8. The largest absolute Gasteiger partial charge is 0.458 e. The summed E-state index contributed by atoms with van der Waals surface area (Å²) in [4.78, 5) is 4.73. The molecule has 8 aromatic carbocycles. The van der Waals surface area contributed by atoms with Crippen molar-refractivity contribution in [2.45, 2.75) is 20.7 Å². The molecule has 0 bridgehead atoms. The molecule has 11 aromatic rings. The fraction of sp³-hybridized carbons (Fsp3) is 0.0526. The minimum absolute atomic E-state index is 0.0640. The van der Waals surface area contributed by atoms with Gasteiger partial charge in [-0.15, -0.1) is 0 Å². The second-order valence-corrected chi connectivity index (χ2v) is 15.3. The minimum atomic E-state index is -2.73. The highest BCUT2D eigenvalue weighted by molar-refractivity contribution is 6.09. The first-order chi connectivity index (χ1) is 33.8. The SMILES string of the molecule is [2H]c1c([2H])c([2H])c(-c2cnc(-n3c4ccccc4c4ccc(Oc5cccc(-n6[c-][n+](-c7c(-c8ccccc8)c(C)cc(C)c7-c7ccccc7)c7ccccc76)c5)cc43)cc2C([2H])([2H])[2H])c([2H])c1[2H]. The lowest BCUT2D eigenvalue weighted by Gasteiger charge is -2.21. The normalized spacial score (nSPS) is 13.5. The van der Waals surface area contributed by atoms with Gasteiger partial charge in [-0.2, -0.15) is 0 Å². The molecule has 3 aromatic heterocycles. The van der Waals surface area contributed by atoms with Gasteiger partial charge < -0.3 is 4.74 Å². The third-order valence-corrected chi connectivity index (χ3v) is 11.5. The van der Waals surface area contributed by atoms with Crippen LogP contribution in [0.15, 0.2) is 200 Å². The molecule has 0 saturated carbocycles. The zero-order valence-corrected chi connectivity index (χ0v) is 33.9. The van der Waals surface area contributed by atoms with Gasteiger partial charge >= 0.3 is 0 Å². The van der Waals surface area contributed by atoms with E-state index >= 15 is 0 Å². The lowest BCUT2D eigenvalue weighted by molar-refractivity contribution is -0.571. The third kappa shape index (κ3) is 6.34. The Balaban J connectivity index is 1.03. The molecule has 0 N–H and O–H groups in total. The van der Waals surface area contributed by atoms with Gasteiger partial charge in [-0.1, -0.05) is 145 Å². The van der Waals surface area contributed by atoms with Gasteiger partial charge in [0, 0.05) is 32.7 Å². The number of nitrogens with zero attached hydrogens (tertiary/aromatic N) is 4. The molecule has 0 aliphatic rings. The van der Waals surface area contributed by atoms with E-state index in [2.05, 4.69) is 96.0 Å². The summed E-state index contributed by atoms with van der Waals surface area (Å²) in [6, 6.07) is 51.6. The third-order valence-electron chi connectivity index (χ3n) is 11.5. The van der Waals surface area contributed by atoms with Crippen LogP contribution in [0.3, 0.4) is 0 Å². The number of para-hydroxylation sites is 3. The molecule has 11 rings (SSSR count). The van der Waals surface area contributed by atoms with Gasteiger partial charge in [0.25, 0.3) is 6.33 Å². The molecule has 0 amide bonds. The number of hydrogen-bond acceptors (Lipinski definition) is 2. The number of aryl methyl sites for hydroxylation is 3. The molecule has 0 radical (unpaired) electrons. The van der Waals surface area contributed by atoms with Crippen molar-refractivity contribution in [2.75, 3.05) is 0 Å². The Hall–Kier alpha value is -8.02. The molecule has 0 saturated heterocycles. The molecule has 3 heterocycles. The van der Waals surface area contributed by atoms with E-state index in [4.69, 9.17) is 20.7 Å². The summed E-state index contributed by atoms with van der Waals surface area (Å²) in [5, 5.41) is 1.77. The van der Waals surface area contributed by atoms with Crippen LogP contribution in [0.25, 0.3) is 83.4 Å². The maximum atomic E-state index is 8.61. The molecule has 0 spiro atoms. The van der Waals surface area contributed by atoms with Gasteiger partial charge in [0.15, 0.2) is 0 Å². The van der Waals surface area contributed by atoms with Gasteiger partial charge in [-0.25, -0.2) is 4.98 Å². The summed E-state index contributed by atoms with van der Waals surface area (Å²) in [5.74, 6) is 1.36. The van der Waals surface area contributed by atoms with Crippen LogP contribution >= 0.6 is 0 Å². The summed E-state index contributed by atoms with van der Waals surface area (Å²) in [6.45, 7) is 1.60. The van der Waals surface area contributed by atoms with Crippen LogP contribution < -0.4 is 9.30 Å². The molecule has 0 aliphatic carbocycles. The Labute approximate surface area is 372 Å². The van der Waals surface area contributed by atoms with Crippen LogP contribution in [-0.2, 0) is 0 Å². The van der Waals surface area contributed by atoms with Crippen molar-refractivity contribution < 1.29 is 20.3 Å². The summed E-state index contributed by atoms with van der Waals surface area (Å²) in [6.07, 6.45) is 5.06. The molecular formula is C57H42N4O. The van der Waals surface area contributed by atoms with Crippen molar-refractivity contribution in [1.82, 2.24) is 14.1 Å². The highest BCUT2D eigenvalue weighted by atomic mass is 16.5. The highest BCUT2D eigenvalue weighted by Crippen LogP contribution is 2.40. The standard InChI is InChI=1S/C57H42N4O/c1-38-33-54(58-36-49(38)41-18-7-4-8-19-41)61-50-27-14-13-26-47(50)48-31-30-46(35-53(48)61)62-45-25-17-24-44(34-45)59-37-60(52-29-16-15-28-51(52)59)57-55(42-20-9-5-10-21-42)39(2)32-40(3)56(57)43-22-11-6-12-23-43/h4-36H,1-3H3/i1D3,4D,7D,8D,18D,19D. The van der Waals surface area contributed by atoms with Gasteiger partial charge in [0.1, 0.15) is 17.3 Å². The second kappa shape index (κ2) is 15.2. The van der Waals surface area contributed by atoms with Crippen molar-refractivity contribution in [2.24, 2.45) is 0 Å². The van der Waals surface area contributed by atoms with Gasteiger partial charge in [0.05, 0.1) is 40.3 Å². The molecule has 0 fully saturated rings. The number of aromatic nitrogens is 4. The van der Waals surface area contributed by atoms with Crippen LogP contribution in [0, 0.1) is 27.0 Å². The molecule has 5 heteroatoms. The molecule has 0 unspecified atom stereocenters. The van der Waals surface area contributed by atoms with Gasteiger partial charge in [0.2, 0.25) is 0 Å². The zero-order chi connectivity index (χ0) is 48.6. The van der Waals surface area contributed by atoms with E-state index in [9.17, 15) is 0 Å². The maximum absolute atomic E-state index is 8.61. The van der Waals surface area contributed by atoms with Crippen molar-refractivity contribution in [1.29, 1.82) is 0 Å². The number of fused-ring (bicyclic) bond motifs is 4. The number of rotatable bonds is 8. The number of hydrogen-bond donors (Lipinski definition) is 0. The number of pyridine rings is 1. The van der Waals surface area contributed by atoms with Crippen molar-refractivity contribution in [3.05, 3.63) is 223 Å². The van der Waals surface area contributed by atoms with Crippen LogP contribution in [0.5, 0.6) is 11.5 Å². The highest BCUT2D eigenvalue weighted by Gasteiger charge is 2.23. The van der Waals surface area contributed by atoms with E-state index in [1.165, 1.54) is 12.3 Å². The topological polar surface area (TPSA) is 35.9 Å². The first-order valence-corrected chi connectivity index (χ1v) is 20.4. The summed E-state index contributed by atoms with van der Waals surface area (Å²) >= 11 is 0. The first-order valence-electron chi connectivity index (χ1n) is 24.4. The lowest BCUT2D eigenvalue weighted by atomic mass is 9.89.